The average Bonchev–Trinajstić information content (AvgIpc) is 3.10. The Morgan fingerprint density at radius 2 is 1.20 bits per heavy atom. The van der Waals surface area contributed by atoms with Crippen LogP contribution < -0.4 is 4.74 Å². The molecular weight excluding hydrogens is 580 g/mol. The summed E-state index contributed by atoms with van der Waals surface area (Å²) in [6, 6.07) is 43.1. The first-order valence-corrected chi connectivity index (χ1v) is 16.1. The molecule has 0 unspecified atom stereocenters. The van der Waals surface area contributed by atoms with E-state index in [2.05, 4.69) is 73.3 Å². The summed E-state index contributed by atoms with van der Waals surface area (Å²) >= 11 is 1.63. The monoisotopic (exact) mass is 618 g/mol. The second-order valence-corrected chi connectivity index (χ2v) is 12.1. The Labute approximate surface area is 269 Å². The number of hydrogen-bond donors (Lipinski definition) is 0. The van der Waals surface area contributed by atoms with Gasteiger partial charge in [-0.2, -0.15) is 0 Å². The van der Waals surface area contributed by atoms with Gasteiger partial charge in [0.2, 0.25) is 0 Å². The highest BCUT2D eigenvalue weighted by atomic mass is 32.2. The van der Waals surface area contributed by atoms with Crippen LogP contribution in [-0.4, -0.2) is 37.0 Å². The summed E-state index contributed by atoms with van der Waals surface area (Å²) in [5, 5.41) is 2.37. The highest BCUT2D eigenvalue weighted by Gasteiger charge is 2.47. The Morgan fingerprint density at radius 1 is 0.622 bits per heavy atom. The van der Waals surface area contributed by atoms with Crippen molar-refractivity contribution in [3.63, 3.8) is 0 Å². The van der Waals surface area contributed by atoms with Crippen molar-refractivity contribution in [2.75, 3.05) is 7.11 Å². The molecule has 0 saturated carbocycles. The lowest BCUT2D eigenvalue weighted by atomic mass is 9.98. The van der Waals surface area contributed by atoms with Crippen LogP contribution in [0, 0.1) is 0 Å². The smallest absolute Gasteiger partial charge is 0.137 e. The van der Waals surface area contributed by atoms with Gasteiger partial charge in [0.15, 0.2) is 0 Å². The van der Waals surface area contributed by atoms with Crippen LogP contribution in [0.15, 0.2) is 145 Å². The summed E-state index contributed by atoms with van der Waals surface area (Å²) in [7, 11) is 1.66. The van der Waals surface area contributed by atoms with E-state index in [1.165, 1.54) is 10.8 Å². The third kappa shape index (κ3) is 8.03. The Kier molecular flexibility index (Phi) is 10.6. The predicted octanol–water partition coefficient (Wildman–Crippen LogP) is 8.61. The zero-order valence-electron chi connectivity index (χ0n) is 25.4. The van der Waals surface area contributed by atoms with Crippen LogP contribution in [0.2, 0.25) is 0 Å². The molecule has 0 bridgehead atoms. The van der Waals surface area contributed by atoms with Gasteiger partial charge in [0.05, 0.1) is 26.9 Å². The standard InChI is InChI=1S/C39H38O5S/c1-3-35-36(41-26-29-19-22-33(40-2)23-20-29)37(42-27-30-18-21-31-14-10-11-15-32(31)24-30)38(43-25-28-12-6-4-7-13-28)39(44-35)45-34-16-8-5-9-17-34/h3-24,35-39H,1,25-27H2,2H3/t35-,36-,37+,38+,39-/m1/s1. The van der Waals surface area contributed by atoms with E-state index in [-0.39, 0.29) is 5.44 Å². The molecule has 0 radical (unpaired) electrons. The van der Waals surface area contributed by atoms with Crippen molar-refractivity contribution in [3.05, 3.63) is 157 Å². The molecule has 1 fully saturated rings. The number of thioether (sulfide) groups is 1. The van der Waals surface area contributed by atoms with Crippen molar-refractivity contribution in [1.29, 1.82) is 0 Å². The van der Waals surface area contributed by atoms with Crippen LogP contribution in [-0.2, 0) is 38.8 Å². The number of hydrogen-bond acceptors (Lipinski definition) is 6. The van der Waals surface area contributed by atoms with Gasteiger partial charge in [-0.15, -0.1) is 6.58 Å². The molecule has 5 atom stereocenters. The molecule has 0 spiro atoms. The summed E-state index contributed by atoms with van der Waals surface area (Å²) in [5.74, 6) is 0.801. The van der Waals surface area contributed by atoms with E-state index in [0.29, 0.717) is 19.8 Å². The number of methoxy groups -OCH3 is 1. The first kappa shape index (κ1) is 31.1. The molecule has 0 aliphatic carbocycles. The lowest BCUT2D eigenvalue weighted by Crippen LogP contribution is -2.58. The Hall–Kier alpha value is -3.91. The van der Waals surface area contributed by atoms with E-state index in [4.69, 9.17) is 23.7 Å². The molecule has 1 aliphatic rings. The number of ether oxygens (including phenoxy) is 5. The maximum absolute atomic E-state index is 6.85. The van der Waals surface area contributed by atoms with Crippen molar-refractivity contribution >= 4 is 22.5 Å². The van der Waals surface area contributed by atoms with Gasteiger partial charge in [-0.3, -0.25) is 0 Å². The first-order chi connectivity index (χ1) is 22.2. The quantitative estimate of drug-likeness (QED) is 0.123. The van der Waals surface area contributed by atoms with E-state index in [1.54, 1.807) is 18.9 Å². The molecule has 6 rings (SSSR count). The second kappa shape index (κ2) is 15.4. The molecule has 5 nitrogen and oxygen atoms in total. The minimum atomic E-state index is -0.460. The first-order valence-electron chi connectivity index (χ1n) is 15.2. The van der Waals surface area contributed by atoms with Gasteiger partial charge in [-0.1, -0.05) is 115 Å². The summed E-state index contributed by atoms with van der Waals surface area (Å²) in [6.45, 7) is 5.32. The normalized spacial score (nSPS) is 21.4. The third-order valence-corrected chi connectivity index (χ3v) is 9.06. The Morgan fingerprint density at radius 3 is 1.91 bits per heavy atom. The van der Waals surface area contributed by atoms with Crippen LogP contribution in [0.5, 0.6) is 5.75 Å². The van der Waals surface area contributed by atoms with Gasteiger partial charge in [0.1, 0.15) is 35.6 Å². The molecule has 5 aromatic carbocycles. The SMILES string of the molecule is C=C[C@H]1O[C@H](Sc2ccccc2)[C@@H](OCc2ccccc2)[C@@H](OCc2ccc3ccccc3c2)[C@@H]1OCc1ccc(OC)cc1. The molecule has 1 aliphatic heterocycles. The van der Waals surface area contributed by atoms with E-state index in [9.17, 15) is 0 Å². The molecule has 0 N–H and O–H groups in total. The summed E-state index contributed by atoms with van der Waals surface area (Å²) in [6.07, 6.45) is 0.0576. The van der Waals surface area contributed by atoms with Crippen LogP contribution in [0.25, 0.3) is 10.8 Å². The van der Waals surface area contributed by atoms with Crippen molar-refractivity contribution in [1.82, 2.24) is 0 Å². The molecule has 45 heavy (non-hydrogen) atoms. The molecule has 1 saturated heterocycles. The fourth-order valence-electron chi connectivity index (χ4n) is 5.51. The minimum absolute atomic E-state index is 0.360. The summed E-state index contributed by atoms with van der Waals surface area (Å²) < 4.78 is 32.3. The van der Waals surface area contributed by atoms with Crippen molar-refractivity contribution < 1.29 is 23.7 Å². The molecule has 1 heterocycles. The third-order valence-electron chi connectivity index (χ3n) is 7.90. The number of benzene rings is 5. The van der Waals surface area contributed by atoms with Gasteiger partial charge in [-0.05, 0) is 57.8 Å². The van der Waals surface area contributed by atoms with E-state index in [0.717, 1.165) is 27.3 Å². The zero-order chi connectivity index (χ0) is 30.8. The molecule has 6 heteroatoms. The molecule has 5 aromatic rings. The Balaban J connectivity index is 1.31. The van der Waals surface area contributed by atoms with Crippen molar-refractivity contribution in [2.24, 2.45) is 0 Å². The largest absolute Gasteiger partial charge is 0.497 e. The van der Waals surface area contributed by atoms with Crippen LogP contribution in [0.1, 0.15) is 16.7 Å². The fraction of sp³-hybridized carbons (Fsp3) is 0.231. The number of fused-ring (bicyclic) bond motifs is 1. The zero-order valence-corrected chi connectivity index (χ0v) is 26.2. The second-order valence-electron chi connectivity index (χ2n) is 11.0. The van der Waals surface area contributed by atoms with Gasteiger partial charge in [-0.25, -0.2) is 0 Å². The topological polar surface area (TPSA) is 46.2 Å². The van der Waals surface area contributed by atoms with Crippen molar-refractivity contribution in [3.8, 4) is 5.75 Å². The maximum atomic E-state index is 6.85. The van der Waals surface area contributed by atoms with Crippen LogP contribution >= 0.6 is 11.8 Å². The van der Waals surface area contributed by atoms with Crippen LogP contribution in [0.3, 0.4) is 0 Å². The average molecular weight is 619 g/mol. The Bertz CT molecular complexity index is 1640. The van der Waals surface area contributed by atoms with Gasteiger partial charge >= 0.3 is 0 Å². The molecule has 0 aromatic heterocycles. The van der Waals surface area contributed by atoms with Gasteiger partial charge in [0, 0.05) is 4.90 Å². The lowest BCUT2D eigenvalue weighted by molar-refractivity contribution is -0.236. The fourth-order valence-corrected chi connectivity index (χ4v) is 6.64. The van der Waals surface area contributed by atoms with Gasteiger partial charge < -0.3 is 23.7 Å². The van der Waals surface area contributed by atoms with Gasteiger partial charge in [0.25, 0.3) is 0 Å². The lowest BCUT2D eigenvalue weighted by Gasteiger charge is -2.45. The number of rotatable bonds is 13. The van der Waals surface area contributed by atoms with E-state index >= 15 is 0 Å². The summed E-state index contributed by atoms with van der Waals surface area (Å²) in [5.41, 5.74) is 2.82. The van der Waals surface area contributed by atoms with Crippen molar-refractivity contribution in [2.45, 2.75) is 54.6 Å². The van der Waals surface area contributed by atoms with E-state index in [1.807, 2.05) is 66.7 Å². The minimum Gasteiger partial charge on any atom is -0.497 e. The maximum Gasteiger partial charge on any atom is 0.137 e. The molecular formula is C39H38O5S. The molecule has 230 valence electrons. The highest BCUT2D eigenvalue weighted by Crippen LogP contribution is 2.38. The van der Waals surface area contributed by atoms with Crippen LogP contribution in [0.4, 0.5) is 0 Å². The molecule has 0 amide bonds. The summed E-state index contributed by atoms with van der Waals surface area (Å²) in [4.78, 5) is 1.09. The highest BCUT2D eigenvalue weighted by molar-refractivity contribution is 7.99. The predicted molar refractivity (Wildman–Crippen MR) is 180 cm³/mol. The van der Waals surface area contributed by atoms with E-state index < -0.39 is 24.4 Å².